The number of fused-ring (bicyclic) bond motifs is 1. The second kappa shape index (κ2) is 5.43. The molecule has 0 unspecified atom stereocenters. The average molecular weight is 282 g/mol. The molecule has 3 rings (SSSR count). The first kappa shape index (κ1) is 12.8. The monoisotopic (exact) mass is 282 g/mol. The summed E-state index contributed by atoms with van der Waals surface area (Å²) in [5.41, 5.74) is 6.78. The first-order chi connectivity index (χ1) is 9.78. The van der Waals surface area contributed by atoms with Crippen molar-refractivity contribution in [3.05, 3.63) is 54.9 Å². The van der Waals surface area contributed by atoms with E-state index in [1.165, 1.54) is 0 Å². The molecule has 0 bridgehead atoms. The number of ether oxygens (including phenoxy) is 1. The van der Waals surface area contributed by atoms with Gasteiger partial charge in [0.15, 0.2) is 0 Å². The summed E-state index contributed by atoms with van der Waals surface area (Å²) in [5.74, 6) is 0.859. The fourth-order valence-corrected chi connectivity index (χ4v) is 2.98. The van der Waals surface area contributed by atoms with Crippen molar-refractivity contribution in [2.24, 2.45) is 0 Å². The highest BCUT2D eigenvalue weighted by molar-refractivity contribution is 7.99. The molecule has 4 heteroatoms. The maximum Gasteiger partial charge on any atom is 0.118 e. The Hall–Kier alpha value is -2.20. The van der Waals surface area contributed by atoms with Crippen LogP contribution < -0.4 is 10.5 Å². The van der Waals surface area contributed by atoms with Gasteiger partial charge in [-0.3, -0.25) is 4.98 Å². The largest absolute Gasteiger partial charge is 0.497 e. The fourth-order valence-electron chi connectivity index (χ4n) is 2.05. The van der Waals surface area contributed by atoms with E-state index in [0.717, 1.165) is 32.0 Å². The van der Waals surface area contributed by atoms with Gasteiger partial charge in [-0.1, -0.05) is 11.8 Å². The van der Waals surface area contributed by atoms with Crippen LogP contribution in [-0.2, 0) is 0 Å². The second-order valence-corrected chi connectivity index (χ2v) is 5.47. The number of pyridine rings is 1. The number of nitrogens with zero attached hydrogens (tertiary/aromatic N) is 1. The van der Waals surface area contributed by atoms with Gasteiger partial charge in [-0.2, -0.15) is 0 Å². The summed E-state index contributed by atoms with van der Waals surface area (Å²) in [6.45, 7) is 0. The molecule has 100 valence electrons. The van der Waals surface area contributed by atoms with Gasteiger partial charge >= 0.3 is 0 Å². The van der Waals surface area contributed by atoms with Crippen LogP contribution in [0.15, 0.2) is 64.6 Å². The third-order valence-electron chi connectivity index (χ3n) is 3.10. The molecule has 0 saturated carbocycles. The maximum absolute atomic E-state index is 6.00. The van der Waals surface area contributed by atoms with Crippen molar-refractivity contribution >= 4 is 28.2 Å². The van der Waals surface area contributed by atoms with E-state index < -0.39 is 0 Å². The van der Waals surface area contributed by atoms with Gasteiger partial charge in [0.1, 0.15) is 5.75 Å². The van der Waals surface area contributed by atoms with Gasteiger partial charge in [0.05, 0.1) is 7.11 Å². The molecule has 0 aliphatic heterocycles. The zero-order valence-electron chi connectivity index (χ0n) is 11.0. The highest BCUT2D eigenvalue weighted by Crippen LogP contribution is 2.35. The number of methoxy groups -OCH3 is 1. The zero-order chi connectivity index (χ0) is 13.9. The van der Waals surface area contributed by atoms with Crippen molar-refractivity contribution in [1.29, 1.82) is 0 Å². The van der Waals surface area contributed by atoms with E-state index in [1.807, 2.05) is 48.7 Å². The number of nitrogens with two attached hydrogens (primary N) is 1. The Morgan fingerprint density at radius 1 is 1.00 bits per heavy atom. The topological polar surface area (TPSA) is 48.1 Å². The summed E-state index contributed by atoms with van der Waals surface area (Å²) in [5, 5.41) is 2.12. The van der Waals surface area contributed by atoms with Crippen LogP contribution in [0, 0.1) is 0 Å². The number of nitrogen functional groups attached to an aromatic ring is 1. The minimum absolute atomic E-state index is 0.779. The van der Waals surface area contributed by atoms with E-state index in [0.29, 0.717) is 0 Å². The van der Waals surface area contributed by atoms with Gasteiger partial charge in [-0.25, -0.2) is 0 Å². The van der Waals surface area contributed by atoms with Crippen LogP contribution in [0.4, 0.5) is 5.69 Å². The summed E-state index contributed by atoms with van der Waals surface area (Å²) in [6, 6.07) is 13.9. The normalized spacial score (nSPS) is 10.7. The number of aromatic nitrogens is 1. The van der Waals surface area contributed by atoms with Crippen LogP contribution in [0.3, 0.4) is 0 Å². The van der Waals surface area contributed by atoms with Crippen LogP contribution in [-0.4, -0.2) is 12.1 Å². The smallest absolute Gasteiger partial charge is 0.118 e. The number of anilines is 1. The van der Waals surface area contributed by atoms with Crippen molar-refractivity contribution in [1.82, 2.24) is 4.98 Å². The molecule has 2 N–H and O–H groups in total. The fraction of sp³-hybridized carbons (Fsp3) is 0.0625. The summed E-state index contributed by atoms with van der Waals surface area (Å²) >= 11 is 1.69. The van der Waals surface area contributed by atoms with E-state index in [1.54, 1.807) is 25.1 Å². The quantitative estimate of drug-likeness (QED) is 0.738. The Bertz CT molecular complexity index is 741. The lowest BCUT2D eigenvalue weighted by Crippen LogP contribution is -1.89. The Kier molecular flexibility index (Phi) is 3.48. The summed E-state index contributed by atoms with van der Waals surface area (Å²) in [7, 11) is 1.67. The summed E-state index contributed by atoms with van der Waals surface area (Å²) in [4.78, 5) is 6.49. The van der Waals surface area contributed by atoms with Crippen molar-refractivity contribution < 1.29 is 4.74 Å². The molecule has 0 amide bonds. The number of rotatable bonds is 3. The van der Waals surface area contributed by atoms with E-state index in [2.05, 4.69) is 4.98 Å². The van der Waals surface area contributed by atoms with Crippen LogP contribution in [0.2, 0.25) is 0 Å². The lowest BCUT2D eigenvalue weighted by Gasteiger charge is -2.08. The number of benzene rings is 2. The molecule has 2 aromatic carbocycles. The molecule has 3 aromatic rings. The average Bonchev–Trinajstić information content (AvgIpc) is 2.51. The molecular weight excluding hydrogens is 268 g/mol. The van der Waals surface area contributed by atoms with Crippen LogP contribution in [0.1, 0.15) is 0 Å². The van der Waals surface area contributed by atoms with E-state index in [4.69, 9.17) is 10.5 Å². The van der Waals surface area contributed by atoms with Crippen LogP contribution in [0.5, 0.6) is 5.75 Å². The van der Waals surface area contributed by atoms with Gasteiger partial charge in [0.2, 0.25) is 0 Å². The lowest BCUT2D eigenvalue weighted by atomic mass is 10.1. The molecule has 0 fully saturated rings. The Morgan fingerprint density at radius 3 is 2.55 bits per heavy atom. The van der Waals surface area contributed by atoms with Crippen LogP contribution in [0.25, 0.3) is 10.8 Å². The predicted molar refractivity (Wildman–Crippen MR) is 83.3 cm³/mol. The zero-order valence-corrected chi connectivity index (χ0v) is 11.9. The van der Waals surface area contributed by atoms with Crippen molar-refractivity contribution in [2.45, 2.75) is 9.79 Å². The van der Waals surface area contributed by atoms with Crippen molar-refractivity contribution in [2.75, 3.05) is 12.8 Å². The maximum atomic E-state index is 6.00. The van der Waals surface area contributed by atoms with Gasteiger partial charge in [-0.05, 0) is 42.5 Å². The molecule has 3 nitrogen and oxygen atoms in total. The molecule has 0 spiro atoms. The first-order valence-electron chi connectivity index (χ1n) is 6.22. The molecule has 0 aliphatic carbocycles. The van der Waals surface area contributed by atoms with Crippen molar-refractivity contribution in [3.8, 4) is 5.75 Å². The highest BCUT2D eigenvalue weighted by Gasteiger charge is 2.06. The Labute approximate surface area is 121 Å². The van der Waals surface area contributed by atoms with E-state index >= 15 is 0 Å². The summed E-state index contributed by atoms with van der Waals surface area (Å²) < 4.78 is 5.17. The molecular formula is C16H14N2OS. The Morgan fingerprint density at radius 2 is 1.80 bits per heavy atom. The lowest BCUT2D eigenvalue weighted by molar-refractivity contribution is 0.414. The van der Waals surface area contributed by atoms with E-state index in [-0.39, 0.29) is 0 Å². The van der Waals surface area contributed by atoms with Crippen LogP contribution >= 0.6 is 11.8 Å². The molecule has 0 atom stereocenters. The standard InChI is InChI=1S/C16H14N2OS/c1-19-11-2-4-12(5-3-11)20-16-7-6-15(17)13-8-9-18-10-14(13)16/h2-10H,17H2,1H3. The van der Waals surface area contributed by atoms with Gasteiger partial charge in [-0.15, -0.1) is 0 Å². The third kappa shape index (κ3) is 2.42. The molecule has 0 aliphatic rings. The molecule has 0 saturated heterocycles. The number of hydrogen-bond donors (Lipinski definition) is 1. The highest BCUT2D eigenvalue weighted by atomic mass is 32.2. The molecule has 20 heavy (non-hydrogen) atoms. The Balaban J connectivity index is 2.00. The van der Waals surface area contributed by atoms with E-state index in [9.17, 15) is 0 Å². The minimum atomic E-state index is 0.779. The van der Waals surface area contributed by atoms with Crippen molar-refractivity contribution in [3.63, 3.8) is 0 Å². The number of hydrogen-bond acceptors (Lipinski definition) is 4. The molecule has 1 aromatic heterocycles. The predicted octanol–water partition coefficient (Wildman–Crippen LogP) is 3.98. The first-order valence-corrected chi connectivity index (χ1v) is 7.03. The second-order valence-electron chi connectivity index (χ2n) is 4.35. The summed E-state index contributed by atoms with van der Waals surface area (Å²) in [6.07, 6.45) is 3.62. The SMILES string of the molecule is COc1ccc(Sc2ccc(N)c3ccncc23)cc1. The van der Waals surface area contributed by atoms with Gasteiger partial charge < -0.3 is 10.5 Å². The molecule has 0 radical (unpaired) electrons. The minimum Gasteiger partial charge on any atom is -0.497 e. The van der Waals surface area contributed by atoms with Gasteiger partial charge in [0, 0.05) is 38.6 Å². The van der Waals surface area contributed by atoms with Gasteiger partial charge in [0.25, 0.3) is 0 Å². The third-order valence-corrected chi connectivity index (χ3v) is 4.18. The molecule has 1 heterocycles.